The van der Waals surface area contributed by atoms with Crippen LogP contribution in [0.25, 0.3) is 0 Å². The smallest absolute Gasteiger partial charge is 0.138 e. The number of hydrogen-bond acceptors (Lipinski definition) is 4. The quantitative estimate of drug-likeness (QED) is 0.843. The number of nitrogens with zero attached hydrogens (tertiary/aromatic N) is 1. The average molecular weight is 328 g/mol. The van der Waals surface area contributed by atoms with Gasteiger partial charge in [0, 0.05) is 13.1 Å². The van der Waals surface area contributed by atoms with Crippen LogP contribution in [0.2, 0.25) is 5.02 Å². The molecule has 124 valence electrons. The molecule has 1 aromatic rings. The minimum absolute atomic E-state index is 0.221. The van der Waals surface area contributed by atoms with Crippen LogP contribution in [-0.2, 0) is 0 Å². The molecule has 1 heterocycles. The molecule has 2 N–H and O–H groups in total. The monoisotopic (exact) mass is 327 g/mol. The van der Waals surface area contributed by atoms with Crippen molar-refractivity contribution in [2.45, 2.75) is 38.9 Å². The third kappa shape index (κ3) is 5.13. The number of aliphatic hydroxyl groups is 2. The van der Waals surface area contributed by atoms with E-state index >= 15 is 0 Å². The zero-order chi connectivity index (χ0) is 16.1. The average Bonchev–Trinajstić information content (AvgIpc) is 2.48. The van der Waals surface area contributed by atoms with Gasteiger partial charge in [-0.1, -0.05) is 17.7 Å². The summed E-state index contributed by atoms with van der Waals surface area (Å²) in [6.07, 6.45) is 1.26. The number of β-amino-alcohol motifs (C(OH)–C–C–N with tert-alkyl or cyclic N) is 1. The SMILES string of the molecule is Cc1ccc(Cl)c(OCC(O)CN2CCCC(C(C)O)C2)c1. The van der Waals surface area contributed by atoms with Crippen molar-refractivity contribution in [3.05, 3.63) is 28.8 Å². The molecule has 0 spiro atoms. The molecular weight excluding hydrogens is 302 g/mol. The number of hydrogen-bond donors (Lipinski definition) is 2. The Bertz CT molecular complexity index is 481. The van der Waals surface area contributed by atoms with Crippen LogP contribution < -0.4 is 4.74 Å². The molecule has 0 amide bonds. The highest BCUT2D eigenvalue weighted by molar-refractivity contribution is 6.32. The van der Waals surface area contributed by atoms with E-state index < -0.39 is 6.10 Å². The van der Waals surface area contributed by atoms with E-state index in [1.54, 1.807) is 6.07 Å². The van der Waals surface area contributed by atoms with Crippen LogP contribution in [0, 0.1) is 12.8 Å². The molecule has 1 aliphatic heterocycles. The number of benzene rings is 1. The summed E-state index contributed by atoms with van der Waals surface area (Å²) in [5, 5.41) is 20.4. The number of likely N-dealkylation sites (tertiary alicyclic amines) is 1. The third-order valence-corrected chi connectivity index (χ3v) is 4.52. The first-order valence-electron chi connectivity index (χ1n) is 7.93. The van der Waals surface area contributed by atoms with Gasteiger partial charge in [0.05, 0.1) is 11.1 Å². The lowest BCUT2D eigenvalue weighted by Crippen LogP contribution is -2.44. The van der Waals surface area contributed by atoms with E-state index in [-0.39, 0.29) is 12.7 Å². The predicted octanol–water partition coefficient (Wildman–Crippen LogP) is 2.48. The normalized spacial score (nSPS) is 22.3. The predicted molar refractivity (Wildman–Crippen MR) is 88.5 cm³/mol. The molecule has 1 aliphatic rings. The van der Waals surface area contributed by atoms with Gasteiger partial charge in [0.25, 0.3) is 0 Å². The second-order valence-corrected chi connectivity index (χ2v) is 6.71. The summed E-state index contributed by atoms with van der Waals surface area (Å²) in [4.78, 5) is 2.20. The maximum Gasteiger partial charge on any atom is 0.138 e. The van der Waals surface area contributed by atoms with Gasteiger partial charge in [0.15, 0.2) is 0 Å². The van der Waals surface area contributed by atoms with E-state index in [9.17, 15) is 10.2 Å². The van der Waals surface area contributed by atoms with Crippen LogP contribution in [0.1, 0.15) is 25.3 Å². The molecule has 0 bridgehead atoms. The number of aryl methyl sites for hydroxylation is 1. The van der Waals surface area contributed by atoms with Crippen molar-refractivity contribution < 1.29 is 14.9 Å². The van der Waals surface area contributed by atoms with Crippen molar-refractivity contribution >= 4 is 11.6 Å². The van der Waals surface area contributed by atoms with Crippen molar-refractivity contribution in [3.63, 3.8) is 0 Å². The van der Waals surface area contributed by atoms with Gasteiger partial charge in [0.1, 0.15) is 18.5 Å². The van der Waals surface area contributed by atoms with Gasteiger partial charge in [-0.3, -0.25) is 0 Å². The van der Waals surface area contributed by atoms with Crippen molar-refractivity contribution in [2.24, 2.45) is 5.92 Å². The summed E-state index contributed by atoms with van der Waals surface area (Å²) in [6.45, 7) is 6.40. The molecule has 0 aromatic heterocycles. The van der Waals surface area contributed by atoms with Crippen molar-refractivity contribution in [3.8, 4) is 5.75 Å². The lowest BCUT2D eigenvalue weighted by Gasteiger charge is -2.35. The fourth-order valence-corrected chi connectivity index (χ4v) is 3.08. The standard InChI is InChI=1S/C17H26ClNO3/c1-12-5-6-16(18)17(8-12)22-11-15(21)10-19-7-3-4-14(9-19)13(2)20/h5-6,8,13-15,20-21H,3-4,7,9-11H2,1-2H3. The number of piperidine rings is 1. The minimum Gasteiger partial charge on any atom is -0.489 e. The van der Waals surface area contributed by atoms with Gasteiger partial charge in [-0.2, -0.15) is 0 Å². The third-order valence-electron chi connectivity index (χ3n) is 4.21. The molecule has 2 rings (SSSR count). The summed E-state index contributed by atoms with van der Waals surface area (Å²) in [7, 11) is 0. The van der Waals surface area contributed by atoms with Crippen LogP contribution in [0.15, 0.2) is 18.2 Å². The van der Waals surface area contributed by atoms with E-state index in [0.29, 0.717) is 23.2 Å². The molecule has 4 nitrogen and oxygen atoms in total. The summed E-state index contributed by atoms with van der Waals surface area (Å²) >= 11 is 6.08. The number of halogens is 1. The van der Waals surface area contributed by atoms with Gasteiger partial charge < -0.3 is 19.8 Å². The maximum atomic E-state index is 10.2. The topological polar surface area (TPSA) is 52.9 Å². The van der Waals surface area contributed by atoms with E-state index in [1.807, 2.05) is 26.0 Å². The van der Waals surface area contributed by atoms with Gasteiger partial charge in [0.2, 0.25) is 0 Å². The zero-order valence-electron chi connectivity index (χ0n) is 13.3. The second-order valence-electron chi connectivity index (χ2n) is 6.30. The van der Waals surface area contributed by atoms with E-state index in [4.69, 9.17) is 16.3 Å². The van der Waals surface area contributed by atoms with Crippen LogP contribution in [0.3, 0.4) is 0 Å². The Balaban J connectivity index is 1.80. The second kappa shape index (κ2) is 8.16. The van der Waals surface area contributed by atoms with Gasteiger partial charge in [-0.05, 0) is 56.8 Å². The molecule has 22 heavy (non-hydrogen) atoms. The van der Waals surface area contributed by atoms with E-state index in [1.165, 1.54) is 0 Å². The van der Waals surface area contributed by atoms with Crippen LogP contribution in [-0.4, -0.2) is 53.6 Å². The highest BCUT2D eigenvalue weighted by Gasteiger charge is 2.24. The highest BCUT2D eigenvalue weighted by atomic mass is 35.5. The fourth-order valence-electron chi connectivity index (χ4n) is 2.91. The van der Waals surface area contributed by atoms with Crippen molar-refractivity contribution in [2.75, 3.05) is 26.2 Å². The molecule has 3 unspecified atom stereocenters. The first kappa shape index (κ1) is 17.5. The highest BCUT2D eigenvalue weighted by Crippen LogP contribution is 2.25. The van der Waals surface area contributed by atoms with Crippen LogP contribution >= 0.6 is 11.6 Å². The Labute approximate surface area is 137 Å². The Morgan fingerprint density at radius 1 is 1.41 bits per heavy atom. The molecule has 0 saturated carbocycles. The molecule has 1 saturated heterocycles. The molecule has 1 aromatic carbocycles. The maximum absolute atomic E-state index is 10.2. The molecular formula is C17H26ClNO3. The van der Waals surface area contributed by atoms with Gasteiger partial charge in [-0.25, -0.2) is 0 Å². The summed E-state index contributed by atoms with van der Waals surface area (Å²) in [6, 6.07) is 5.60. The fraction of sp³-hybridized carbons (Fsp3) is 0.647. The first-order chi connectivity index (χ1) is 10.5. The van der Waals surface area contributed by atoms with E-state index in [0.717, 1.165) is 31.5 Å². The molecule has 0 aliphatic carbocycles. The Hall–Kier alpha value is -0.810. The Kier molecular flexibility index (Phi) is 6.50. The van der Waals surface area contributed by atoms with Crippen LogP contribution in [0.5, 0.6) is 5.75 Å². The molecule has 5 heteroatoms. The summed E-state index contributed by atoms with van der Waals surface area (Å²) < 4.78 is 5.64. The van der Waals surface area contributed by atoms with Crippen molar-refractivity contribution in [1.82, 2.24) is 4.90 Å². The summed E-state index contributed by atoms with van der Waals surface area (Å²) in [5.74, 6) is 0.911. The summed E-state index contributed by atoms with van der Waals surface area (Å²) in [5.41, 5.74) is 1.07. The minimum atomic E-state index is -0.565. The number of ether oxygens (including phenoxy) is 1. The Morgan fingerprint density at radius 3 is 2.91 bits per heavy atom. The van der Waals surface area contributed by atoms with Gasteiger partial charge >= 0.3 is 0 Å². The van der Waals surface area contributed by atoms with E-state index in [2.05, 4.69) is 4.90 Å². The zero-order valence-corrected chi connectivity index (χ0v) is 14.1. The van der Waals surface area contributed by atoms with Gasteiger partial charge in [-0.15, -0.1) is 0 Å². The molecule has 3 atom stereocenters. The number of rotatable bonds is 6. The first-order valence-corrected chi connectivity index (χ1v) is 8.31. The Morgan fingerprint density at radius 2 is 2.18 bits per heavy atom. The number of aliphatic hydroxyl groups excluding tert-OH is 2. The van der Waals surface area contributed by atoms with Crippen LogP contribution in [0.4, 0.5) is 0 Å². The largest absolute Gasteiger partial charge is 0.489 e. The lowest BCUT2D eigenvalue weighted by molar-refractivity contribution is 0.0244. The molecule has 0 radical (unpaired) electrons. The lowest BCUT2D eigenvalue weighted by atomic mass is 9.93. The van der Waals surface area contributed by atoms with Crippen molar-refractivity contribution in [1.29, 1.82) is 0 Å². The molecule has 1 fully saturated rings.